The first-order valence-corrected chi connectivity index (χ1v) is 7.20. The van der Waals surface area contributed by atoms with Crippen LogP contribution in [0, 0.1) is 0 Å². The second kappa shape index (κ2) is 6.10. The molecule has 0 saturated carbocycles. The van der Waals surface area contributed by atoms with Crippen molar-refractivity contribution in [3.63, 3.8) is 0 Å². The van der Waals surface area contributed by atoms with E-state index in [1.54, 1.807) is 4.68 Å². The predicted octanol–water partition coefficient (Wildman–Crippen LogP) is 2.38. The Labute approximate surface area is 120 Å². The first kappa shape index (κ1) is 13.9. The zero-order valence-corrected chi connectivity index (χ0v) is 12.9. The minimum Gasteiger partial charge on any atom is -0.369 e. The van der Waals surface area contributed by atoms with Crippen LogP contribution in [-0.2, 0) is 12.8 Å². The highest BCUT2D eigenvalue weighted by Gasteiger charge is 2.15. The molecule has 0 fully saturated rings. The molecule has 0 atom stereocenters. The molecule has 0 radical (unpaired) electrons. The van der Waals surface area contributed by atoms with Gasteiger partial charge in [-0.25, -0.2) is 15.0 Å². The Morgan fingerprint density at radius 1 is 1.21 bits per heavy atom. The minimum atomic E-state index is 0.718. The summed E-state index contributed by atoms with van der Waals surface area (Å²) < 4.78 is 2.59. The van der Waals surface area contributed by atoms with Crippen LogP contribution in [0.5, 0.6) is 0 Å². The van der Waals surface area contributed by atoms with E-state index in [-0.39, 0.29) is 0 Å². The summed E-state index contributed by atoms with van der Waals surface area (Å²) in [6.07, 6.45) is 3.15. The van der Waals surface area contributed by atoms with Crippen molar-refractivity contribution in [3.05, 3.63) is 22.4 Å². The molecule has 0 spiro atoms. The minimum absolute atomic E-state index is 0.718. The maximum Gasteiger partial charge on any atom is 0.175 e. The molecule has 1 N–H and O–H groups in total. The summed E-state index contributed by atoms with van der Waals surface area (Å²) in [5, 5.41) is 7.67. The lowest BCUT2D eigenvalue weighted by Crippen LogP contribution is -2.09. The summed E-state index contributed by atoms with van der Waals surface area (Å²) in [6, 6.07) is 0. The third kappa shape index (κ3) is 2.75. The number of hydrogen-bond donors (Lipinski definition) is 1. The van der Waals surface area contributed by atoms with Crippen LogP contribution in [0.25, 0.3) is 5.82 Å². The Hall–Kier alpha value is -1.50. The number of nitrogens with one attached hydrogen (secondary N) is 1. The molecule has 2 aromatic rings. The van der Waals surface area contributed by atoms with Crippen LogP contribution in [0.1, 0.15) is 32.4 Å². The summed E-state index contributed by atoms with van der Waals surface area (Å²) in [5.41, 5.74) is 0. The topological polar surface area (TPSA) is 68.5 Å². The van der Waals surface area contributed by atoms with Crippen LogP contribution in [0.15, 0.2) is 10.8 Å². The van der Waals surface area contributed by atoms with Gasteiger partial charge < -0.3 is 5.32 Å². The van der Waals surface area contributed by atoms with Crippen LogP contribution in [0.2, 0.25) is 0 Å². The average Bonchev–Trinajstić information content (AvgIpc) is 2.84. The van der Waals surface area contributed by atoms with Crippen molar-refractivity contribution in [2.24, 2.45) is 0 Å². The Morgan fingerprint density at radius 3 is 2.63 bits per heavy atom. The molecule has 0 aliphatic rings. The van der Waals surface area contributed by atoms with E-state index in [0.29, 0.717) is 0 Å². The van der Waals surface area contributed by atoms with Crippen molar-refractivity contribution < 1.29 is 0 Å². The van der Waals surface area contributed by atoms with Crippen molar-refractivity contribution in [2.75, 3.05) is 11.9 Å². The van der Waals surface area contributed by atoms with E-state index in [2.05, 4.69) is 48.2 Å². The van der Waals surface area contributed by atoms with Gasteiger partial charge in [0.05, 0.1) is 0 Å². The van der Waals surface area contributed by atoms with Crippen molar-refractivity contribution in [1.29, 1.82) is 0 Å². The van der Waals surface area contributed by atoms with Gasteiger partial charge in [0.25, 0.3) is 0 Å². The van der Waals surface area contributed by atoms with Gasteiger partial charge in [-0.2, -0.15) is 4.68 Å². The fourth-order valence-electron chi connectivity index (χ4n) is 1.74. The van der Waals surface area contributed by atoms with Gasteiger partial charge in [0.2, 0.25) is 0 Å². The Morgan fingerprint density at radius 2 is 2.00 bits per heavy atom. The van der Waals surface area contributed by atoms with E-state index in [9.17, 15) is 0 Å². The van der Waals surface area contributed by atoms with Gasteiger partial charge in [-0.05, 0) is 22.9 Å². The van der Waals surface area contributed by atoms with Crippen molar-refractivity contribution >= 4 is 21.7 Å². The normalized spacial score (nSPS) is 10.7. The lowest BCUT2D eigenvalue weighted by Gasteiger charge is -2.09. The van der Waals surface area contributed by atoms with Gasteiger partial charge >= 0.3 is 0 Å². The van der Waals surface area contributed by atoms with E-state index in [4.69, 9.17) is 0 Å². The molecule has 0 amide bonds. The zero-order valence-electron chi connectivity index (χ0n) is 11.3. The summed E-state index contributed by atoms with van der Waals surface area (Å²) in [4.78, 5) is 13.0. The molecule has 6 nitrogen and oxygen atoms in total. The van der Waals surface area contributed by atoms with Gasteiger partial charge in [0.15, 0.2) is 11.6 Å². The monoisotopic (exact) mass is 324 g/mol. The van der Waals surface area contributed by atoms with Crippen LogP contribution in [0.4, 0.5) is 5.82 Å². The van der Waals surface area contributed by atoms with Gasteiger partial charge in [-0.15, -0.1) is 5.10 Å². The average molecular weight is 325 g/mol. The largest absolute Gasteiger partial charge is 0.369 e. The first-order chi connectivity index (χ1) is 9.21. The van der Waals surface area contributed by atoms with Crippen LogP contribution < -0.4 is 5.32 Å². The lowest BCUT2D eigenvalue weighted by atomic mass is 10.4. The lowest BCUT2D eigenvalue weighted by molar-refractivity contribution is 0.761. The molecule has 2 heterocycles. The van der Waals surface area contributed by atoms with E-state index >= 15 is 0 Å². The summed E-state index contributed by atoms with van der Waals surface area (Å²) in [6.45, 7) is 6.92. The third-order valence-corrected chi connectivity index (χ3v) is 3.40. The van der Waals surface area contributed by atoms with E-state index < -0.39 is 0 Å². The van der Waals surface area contributed by atoms with Crippen LogP contribution >= 0.6 is 15.9 Å². The van der Waals surface area contributed by atoms with Gasteiger partial charge in [-0.1, -0.05) is 13.8 Å². The number of nitrogens with zero attached hydrogens (tertiary/aromatic N) is 5. The molecule has 2 rings (SSSR count). The quantitative estimate of drug-likeness (QED) is 0.914. The van der Waals surface area contributed by atoms with Crippen LogP contribution in [-0.4, -0.2) is 31.3 Å². The van der Waals surface area contributed by atoms with E-state index in [1.165, 1.54) is 6.33 Å². The molecule has 0 aliphatic carbocycles. The highest BCUT2D eigenvalue weighted by molar-refractivity contribution is 9.10. The molecule has 7 heteroatoms. The fourth-order valence-corrected chi connectivity index (χ4v) is 2.25. The Kier molecular flexibility index (Phi) is 4.47. The number of hydrogen-bond acceptors (Lipinski definition) is 5. The smallest absolute Gasteiger partial charge is 0.175 e. The zero-order chi connectivity index (χ0) is 13.8. The molecule has 19 heavy (non-hydrogen) atoms. The second-order valence-corrected chi connectivity index (χ2v) is 4.75. The van der Waals surface area contributed by atoms with Gasteiger partial charge in [-0.3, -0.25) is 0 Å². The molecular weight excluding hydrogens is 308 g/mol. The number of rotatable bonds is 5. The van der Waals surface area contributed by atoms with Crippen LogP contribution in [0.3, 0.4) is 0 Å². The SMILES string of the molecule is CCNc1ncnc(-n2nc(CC)nc2CC)c1Br. The van der Waals surface area contributed by atoms with Crippen molar-refractivity contribution in [3.8, 4) is 5.82 Å². The summed E-state index contributed by atoms with van der Waals surface area (Å²) >= 11 is 3.54. The molecule has 0 aliphatic heterocycles. The molecule has 0 saturated heterocycles. The third-order valence-electron chi connectivity index (χ3n) is 2.67. The number of halogens is 1. The van der Waals surface area contributed by atoms with Gasteiger partial charge in [0.1, 0.15) is 22.4 Å². The number of anilines is 1. The second-order valence-electron chi connectivity index (χ2n) is 3.95. The van der Waals surface area contributed by atoms with Gasteiger partial charge in [0, 0.05) is 19.4 Å². The predicted molar refractivity (Wildman–Crippen MR) is 77.6 cm³/mol. The maximum absolute atomic E-state index is 4.49. The maximum atomic E-state index is 4.49. The highest BCUT2D eigenvalue weighted by atomic mass is 79.9. The molecule has 0 bridgehead atoms. The molecule has 102 valence electrons. The molecule has 2 aromatic heterocycles. The van der Waals surface area contributed by atoms with E-state index in [1.807, 2.05) is 13.8 Å². The molecular formula is C12H17BrN6. The van der Waals surface area contributed by atoms with Crippen molar-refractivity contribution in [1.82, 2.24) is 24.7 Å². The summed E-state index contributed by atoms with van der Waals surface area (Å²) in [5.74, 6) is 3.21. The Bertz CT molecular complexity index is 565. The molecule has 0 aromatic carbocycles. The standard InChI is InChI=1S/C12H17BrN6/c1-4-8-17-9(5-2)19(18-8)12-10(13)11(14-6-3)15-7-16-12/h7H,4-6H2,1-3H3,(H,14,15,16). The molecule has 0 unspecified atom stereocenters. The Balaban J connectivity index is 2.52. The summed E-state index contributed by atoms with van der Waals surface area (Å²) in [7, 11) is 0. The number of aromatic nitrogens is 5. The van der Waals surface area contributed by atoms with E-state index in [0.717, 1.165) is 47.1 Å². The fraction of sp³-hybridized carbons (Fsp3) is 0.500. The highest BCUT2D eigenvalue weighted by Crippen LogP contribution is 2.25. The number of aryl methyl sites for hydroxylation is 2. The van der Waals surface area contributed by atoms with Crippen molar-refractivity contribution in [2.45, 2.75) is 33.6 Å². The first-order valence-electron chi connectivity index (χ1n) is 6.40.